The lowest BCUT2D eigenvalue weighted by atomic mass is 10.1. The SMILES string of the molecule is CCCNc1cc(C(=O)NCCOCCC(C)C)ccn1. The van der Waals surface area contributed by atoms with Gasteiger partial charge in [-0.3, -0.25) is 4.79 Å². The van der Waals surface area contributed by atoms with E-state index in [4.69, 9.17) is 4.74 Å². The standard InChI is InChI=1S/C16H27N3O2/c1-4-7-17-15-12-14(5-8-18-15)16(20)19-9-11-21-10-6-13(2)3/h5,8,12-13H,4,6-7,9-11H2,1-3H3,(H,17,18)(H,19,20). The molecule has 0 atom stereocenters. The molecular weight excluding hydrogens is 266 g/mol. The van der Waals surface area contributed by atoms with Gasteiger partial charge in [-0.25, -0.2) is 4.98 Å². The van der Waals surface area contributed by atoms with E-state index >= 15 is 0 Å². The maximum absolute atomic E-state index is 12.0. The van der Waals surface area contributed by atoms with Gasteiger partial charge in [0, 0.05) is 31.5 Å². The molecule has 1 amide bonds. The Bertz CT molecular complexity index is 422. The third-order valence-electron chi connectivity index (χ3n) is 2.95. The van der Waals surface area contributed by atoms with Crippen molar-refractivity contribution in [3.05, 3.63) is 23.9 Å². The number of hydrogen-bond acceptors (Lipinski definition) is 4. The average molecular weight is 293 g/mol. The Kier molecular flexibility index (Phi) is 8.43. The van der Waals surface area contributed by atoms with Crippen molar-refractivity contribution in [2.45, 2.75) is 33.6 Å². The number of hydrogen-bond donors (Lipinski definition) is 2. The topological polar surface area (TPSA) is 63.2 Å². The average Bonchev–Trinajstić information content (AvgIpc) is 2.48. The molecule has 0 unspecified atom stereocenters. The van der Waals surface area contributed by atoms with Gasteiger partial charge < -0.3 is 15.4 Å². The van der Waals surface area contributed by atoms with E-state index in [1.807, 2.05) is 0 Å². The number of nitrogens with one attached hydrogen (secondary N) is 2. The smallest absolute Gasteiger partial charge is 0.251 e. The molecule has 5 heteroatoms. The van der Waals surface area contributed by atoms with Crippen LogP contribution in [0.3, 0.4) is 0 Å². The second kappa shape index (κ2) is 10.2. The Morgan fingerprint density at radius 2 is 2.14 bits per heavy atom. The number of carbonyl (C=O) groups is 1. The van der Waals surface area contributed by atoms with E-state index in [0.29, 0.717) is 24.6 Å². The Morgan fingerprint density at radius 1 is 1.33 bits per heavy atom. The van der Waals surface area contributed by atoms with E-state index in [1.54, 1.807) is 18.3 Å². The number of rotatable bonds is 10. The molecule has 0 aliphatic rings. The third-order valence-corrected chi connectivity index (χ3v) is 2.95. The van der Waals surface area contributed by atoms with Crippen LogP contribution in [-0.4, -0.2) is 37.2 Å². The minimum Gasteiger partial charge on any atom is -0.380 e. The number of nitrogens with zero attached hydrogens (tertiary/aromatic N) is 1. The van der Waals surface area contributed by atoms with Gasteiger partial charge in [-0.2, -0.15) is 0 Å². The first kappa shape index (κ1) is 17.4. The highest BCUT2D eigenvalue weighted by Gasteiger charge is 2.06. The predicted molar refractivity (Wildman–Crippen MR) is 85.6 cm³/mol. The molecule has 0 radical (unpaired) electrons. The fourth-order valence-corrected chi connectivity index (χ4v) is 1.68. The van der Waals surface area contributed by atoms with Crippen molar-refractivity contribution >= 4 is 11.7 Å². The monoisotopic (exact) mass is 293 g/mol. The Balaban J connectivity index is 2.28. The summed E-state index contributed by atoms with van der Waals surface area (Å²) in [5, 5.41) is 6.02. The van der Waals surface area contributed by atoms with Gasteiger partial charge in [-0.05, 0) is 30.9 Å². The minimum absolute atomic E-state index is 0.0931. The summed E-state index contributed by atoms with van der Waals surface area (Å²) in [5.41, 5.74) is 0.616. The fraction of sp³-hybridized carbons (Fsp3) is 0.625. The summed E-state index contributed by atoms with van der Waals surface area (Å²) >= 11 is 0. The van der Waals surface area contributed by atoms with Gasteiger partial charge in [-0.15, -0.1) is 0 Å². The molecular formula is C16H27N3O2. The van der Waals surface area contributed by atoms with Crippen LogP contribution in [0.15, 0.2) is 18.3 Å². The molecule has 2 N–H and O–H groups in total. The fourth-order valence-electron chi connectivity index (χ4n) is 1.68. The first-order valence-corrected chi connectivity index (χ1v) is 7.69. The molecule has 5 nitrogen and oxygen atoms in total. The highest BCUT2D eigenvalue weighted by atomic mass is 16.5. The first-order chi connectivity index (χ1) is 10.1. The Labute approximate surface area is 127 Å². The molecule has 118 valence electrons. The molecule has 1 aromatic rings. The molecule has 0 fully saturated rings. The molecule has 0 saturated heterocycles. The summed E-state index contributed by atoms with van der Waals surface area (Å²) in [5.74, 6) is 1.28. The van der Waals surface area contributed by atoms with E-state index in [2.05, 4.69) is 36.4 Å². The second-order valence-corrected chi connectivity index (χ2v) is 5.41. The van der Waals surface area contributed by atoms with E-state index < -0.39 is 0 Å². The number of carbonyl (C=O) groups excluding carboxylic acids is 1. The maximum atomic E-state index is 12.0. The van der Waals surface area contributed by atoms with Crippen LogP contribution in [0.1, 0.15) is 44.0 Å². The summed E-state index contributed by atoms with van der Waals surface area (Å²) in [4.78, 5) is 16.2. The van der Waals surface area contributed by atoms with Gasteiger partial charge in [0.25, 0.3) is 5.91 Å². The summed E-state index contributed by atoms with van der Waals surface area (Å²) in [6, 6.07) is 3.48. The number of amides is 1. The van der Waals surface area contributed by atoms with Gasteiger partial charge in [0.1, 0.15) is 5.82 Å². The second-order valence-electron chi connectivity index (χ2n) is 5.41. The van der Waals surface area contributed by atoms with Crippen molar-refractivity contribution in [3.8, 4) is 0 Å². The van der Waals surface area contributed by atoms with E-state index in [9.17, 15) is 4.79 Å². The lowest BCUT2D eigenvalue weighted by Crippen LogP contribution is -2.27. The van der Waals surface area contributed by atoms with Crippen LogP contribution in [0.4, 0.5) is 5.82 Å². The molecule has 1 rings (SSSR count). The summed E-state index contributed by atoms with van der Waals surface area (Å²) in [6.07, 6.45) is 3.71. The summed E-state index contributed by atoms with van der Waals surface area (Å²) in [6.45, 7) is 9.08. The number of aromatic nitrogens is 1. The zero-order valence-electron chi connectivity index (χ0n) is 13.3. The van der Waals surface area contributed by atoms with Gasteiger partial charge in [0.15, 0.2) is 0 Å². The van der Waals surface area contributed by atoms with Crippen molar-refractivity contribution in [2.24, 2.45) is 5.92 Å². The van der Waals surface area contributed by atoms with Gasteiger partial charge >= 0.3 is 0 Å². The normalized spacial score (nSPS) is 10.7. The Hall–Kier alpha value is -1.62. The molecule has 0 bridgehead atoms. The van der Waals surface area contributed by atoms with Crippen molar-refractivity contribution < 1.29 is 9.53 Å². The molecule has 21 heavy (non-hydrogen) atoms. The first-order valence-electron chi connectivity index (χ1n) is 7.69. The van der Waals surface area contributed by atoms with Crippen LogP contribution in [0.2, 0.25) is 0 Å². The molecule has 0 aliphatic carbocycles. The number of ether oxygens (including phenoxy) is 1. The summed E-state index contributed by atoms with van der Waals surface area (Å²) < 4.78 is 5.47. The molecule has 1 heterocycles. The van der Waals surface area contributed by atoms with Crippen LogP contribution < -0.4 is 10.6 Å². The molecule has 1 aromatic heterocycles. The highest BCUT2D eigenvalue weighted by molar-refractivity contribution is 5.94. The predicted octanol–water partition coefficient (Wildman–Crippen LogP) is 2.70. The van der Waals surface area contributed by atoms with E-state index in [-0.39, 0.29) is 5.91 Å². The van der Waals surface area contributed by atoms with E-state index in [0.717, 1.165) is 31.8 Å². The molecule has 0 saturated carbocycles. The highest BCUT2D eigenvalue weighted by Crippen LogP contribution is 2.06. The van der Waals surface area contributed by atoms with Gasteiger partial charge in [0.2, 0.25) is 0 Å². The number of anilines is 1. The maximum Gasteiger partial charge on any atom is 0.251 e. The largest absolute Gasteiger partial charge is 0.380 e. The van der Waals surface area contributed by atoms with Crippen LogP contribution in [0.5, 0.6) is 0 Å². The van der Waals surface area contributed by atoms with Crippen molar-refractivity contribution in [1.29, 1.82) is 0 Å². The molecule has 0 aliphatic heterocycles. The lowest BCUT2D eigenvalue weighted by molar-refractivity contribution is 0.0906. The zero-order chi connectivity index (χ0) is 15.5. The Morgan fingerprint density at radius 3 is 2.86 bits per heavy atom. The van der Waals surface area contributed by atoms with Crippen LogP contribution >= 0.6 is 0 Å². The van der Waals surface area contributed by atoms with Crippen LogP contribution in [-0.2, 0) is 4.74 Å². The minimum atomic E-state index is -0.0931. The van der Waals surface area contributed by atoms with Gasteiger partial charge in [0.05, 0.1) is 6.61 Å². The molecule has 0 aromatic carbocycles. The third kappa shape index (κ3) is 7.66. The quantitative estimate of drug-likeness (QED) is 0.651. The number of pyridine rings is 1. The van der Waals surface area contributed by atoms with Gasteiger partial charge in [-0.1, -0.05) is 20.8 Å². The molecule has 0 spiro atoms. The van der Waals surface area contributed by atoms with Crippen molar-refractivity contribution in [2.75, 3.05) is 31.6 Å². The summed E-state index contributed by atoms with van der Waals surface area (Å²) in [7, 11) is 0. The van der Waals surface area contributed by atoms with E-state index in [1.165, 1.54) is 0 Å². The van der Waals surface area contributed by atoms with Crippen LogP contribution in [0, 0.1) is 5.92 Å². The van der Waals surface area contributed by atoms with Crippen molar-refractivity contribution in [1.82, 2.24) is 10.3 Å². The lowest BCUT2D eigenvalue weighted by Gasteiger charge is -2.09. The van der Waals surface area contributed by atoms with Crippen LogP contribution in [0.25, 0.3) is 0 Å². The zero-order valence-corrected chi connectivity index (χ0v) is 13.3. The van der Waals surface area contributed by atoms with Crippen molar-refractivity contribution in [3.63, 3.8) is 0 Å².